The van der Waals surface area contributed by atoms with Gasteiger partial charge in [0.05, 0.1) is 0 Å². The molecule has 0 aromatic heterocycles. The minimum absolute atomic E-state index is 1.02. The van der Waals surface area contributed by atoms with Crippen molar-refractivity contribution in [1.82, 2.24) is 0 Å². The van der Waals surface area contributed by atoms with E-state index in [2.05, 4.69) is 6.58 Å². The van der Waals surface area contributed by atoms with Gasteiger partial charge in [-0.3, -0.25) is 0 Å². The number of rotatable bonds is 4. The molecule has 9 heavy (non-hydrogen) atoms. The first kappa shape index (κ1) is 8.48. The largest absolute Gasteiger partial charge is 0.100 e. The van der Waals surface area contributed by atoms with Gasteiger partial charge in [-0.05, 0) is 33.1 Å². The van der Waals surface area contributed by atoms with Crippen molar-refractivity contribution in [3.05, 3.63) is 24.3 Å². The predicted octanol–water partition coefficient (Wildman–Crippen LogP) is 3.11. The third-order valence-electron chi connectivity index (χ3n) is 1.17. The number of hydrogen-bond acceptors (Lipinski definition) is 0. The highest BCUT2D eigenvalue weighted by atomic mass is 13.9. The Morgan fingerprint density at radius 1 is 1.33 bits per heavy atom. The first-order chi connectivity index (χ1) is 4.13. The third kappa shape index (κ3) is 7.48. The first-order valence-electron chi connectivity index (χ1n) is 3.35. The van der Waals surface area contributed by atoms with Crippen LogP contribution in [0.5, 0.6) is 0 Å². The monoisotopic (exact) mass is 123 g/mol. The molecule has 0 aliphatic heterocycles. The summed E-state index contributed by atoms with van der Waals surface area (Å²) >= 11 is 0. The summed E-state index contributed by atoms with van der Waals surface area (Å²) in [5.41, 5.74) is 2.27. The SMILES string of the molecule is [CH]=C(C)CCCC(=C)C. The molecule has 0 saturated heterocycles. The van der Waals surface area contributed by atoms with Gasteiger partial charge in [0.1, 0.15) is 0 Å². The summed E-state index contributed by atoms with van der Waals surface area (Å²) in [6, 6.07) is 0. The van der Waals surface area contributed by atoms with Gasteiger partial charge < -0.3 is 0 Å². The molecular weight excluding hydrogens is 108 g/mol. The van der Waals surface area contributed by atoms with E-state index in [9.17, 15) is 0 Å². The van der Waals surface area contributed by atoms with Crippen LogP contribution in [0.1, 0.15) is 33.1 Å². The van der Waals surface area contributed by atoms with Gasteiger partial charge in [-0.15, -0.1) is 6.58 Å². The molecule has 0 aliphatic rings. The molecule has 0 fully saturated rings. The molecule has 0 rings (SSSR count). The highest BCUT2D eigenvalue weighted by molar-refractivity contribution is 4.91. The highest BCUT2D eigenvalue weighted by Gasteiger charge is 1.87. The molecule has 0 amide bonds. The van der Waals surface area contributed by atoms with Gasteiger partial charge in [0.2, 0.25) is 0 Å². The lowest BCUT2D eigenvalue weighted by Crippen LogP contribution is -1.77. The maximum atomic E-state index is 5.47. The highest BCUT2D eigenvalue weighted by Crippen LogP contribution is 2.07. The lowest BCUT2D eigenvalue weighted by molar-refractivity contribution is 0.806. The summed E-state index contributed by atoms with van der Waals surface area (Å²) in [5, 5.41) is 0. The molecule has 0 saturated carbocycles. The second-order valence-corrected chi connectivity index (χ2v) is 2.66. The van der Waals surface area contributed by atoms with Crippen molar-refractivity contribution in [3.8, 4) is 0 Å². The standard InChI is InChI=1S/C9H15/c1-8(2)6-5-7-9(3)4/h1H,3,5-7H2,2,4H3. The van der Waals surface area contributed by atoms with E-state index in [1.165, 1.54) is 5.57 Å². The summed E-state index contributed by atoms with van der Waals surface area (Å²) in [4.78, 5) is 0. The summed E-state index contributed by atoms with van der Waals surface area (Å²) in [5.74, 6) is 0. The van der Waals surface area contributed by atoms with E-state index < -0.39 is 0 Å². The number of hydrogen-bond donors (Lipinski definition) is 0. The van der Waals surface area contributed by atoms with Crippen molar-refractivity contribution >= 4 is 0 Å². The van der Waals surface area contributed by atoms with Crippen molar-refractivity contribution in [2.24, 2.45) is 0 Å². The number of allylic oxidation sites excluding steroid dienone is 2. The minimum atomic E-state index is 1.02. The van der Waals surface area contributed by atoms with Crippen molar-refractivity contribution in [1.29, 1.82) is 0 Å². The summed E-state index contributed by atoms with van der Waals surface area (Å²) < 4.78 is 0. The Morgan fingerprint density at radius 2 is 1.89 bits per heavy atom. The maximum absolute atomic E-state index is 5.47. The lowest BCUT2D eigenvalue weighted by atomic mass is 10.1. The van der Waals surface area contributed by atoms with Crippen molar-refractivity contribution in [2.45, 2.75) is 33.1 Å². The van der Waals surface area contributed by atoms with Crippen molar-refractivity contribution in [3.63, 3.8) is 0 Å². The van der Waals surface area contributed by atoms with Gasteiger partial charge in [0.25, 0.3) is 0 Å². The molecule has 0 unspecified atom stereocenters. The average Bonchev–Trinajstić information content (AvgIpc) is 1.63. The molecular formula is C9H15. The summed E-state index contributed by atoms with van der Waals surface area (Å²) in [6.07, 6.45) is 3.29. The average molecular weight is 123 g/mol. The lowest BCUT2D eigenvalue weighted by Gasteiger charge is -1.97. The molecule has 0 aromatic rings. The van der Waals surface area contributed by atoms with E-state index in [4.69, 9.17) is 6.58 Å². The molecule has 1 radical (unpaired) electrons. The normalized spacial score (nSPS) is 9.11. The van der Waals surface area contributed by atoms with Gasteiger partial charge in [0.15, 0.2) is 0 Å². The van der Waals surface area contributed by atoms with E-state index in [-0.39, 0.29) is 0 Å². The van der Waals surface area contributed by atoms with Gasteiger partial charge in [0, 0.05) is 0 Å². The molecule has 0 bridgehead atoms. The summed E-state index contributed by atoms with van der Waals surface area (Å²) in [7, 11) is 0. The first-order valence-corrected chi connectivity index (χ1v) is 3.35. The molecule has 0 heterocycles. The van der Waals surface area contributed by atoms with Crippen molar-refractivity contribution in [2.75, 3.05) is 0 Å². The van der Waals surface area contributed by atoms with E-state index in [1.807, 2.05) is 13.8 Å². The Kier molecular flexibility index (Phi) is 4.12. The second-order valence-electron chi connectivity index (χ2n) is 2.66. The fourth-order valence-corrected chi connectivity index (χ4v) is 0.669. The van der Waals surface area contributed by atoms with Crippen LogP contribution in [0.4, 0.5) is 0 Å². The molecule has 0 aromatic carbocycles. The van der Waals surface area contributed by atoms with Crippen LogP contribution in [0, 0.1) is 6.58 Å². The third-order valence-corrected chi connectivity index (χ3v) is 1.17. The quantitative estimate of drug-likeness (QED) is 0.504. The Morgan fingerprint density at radius 3 is 2.22 bits per heavy atom. The molecule has 0 N–H and O–H groups in total. The fourth-order valence-electron chi connectivity index (χ4n) is 0.669. The minimum Gasteiger partial charge on any atom is -0.100 e. The molecule has 0 nitrogen and oxygen atoms in total. The molecule has 0 atom stereocenters. The summed E-state index contributed by atoms with van der Waals surface area (Å²) in [6.45, 7) is 13.3. The second kappa shape index (κ2) is 4.37. The molecule has 51 valence electrons. The van der Waals surface area contributed by atoms with Crippen LogP contribution >= 0.6 is 0 Å². The van der Waals surface area contributed by atoms with Crippen LogP contribution in [0.25, 0.3) is 0 Å². The Labute approximate surface area is 58.3 Å². The zero-order chi connectivity index (χ0) is 7.28. The fraction of sp³-hybridized carbons (Fsp3) is 0.556. The van der Waals surface area contributed by atoms with E-state index in [0.717, 1.165) is 24.8 Å². The van der Waals surface area contributed by atoms with Gasteiger partial charge >= 0.3 is 0 Å². The van der Waals surface area contributed by atoms with E-state index >= 15 is 0 Å². The van der Waals surface area contributed by atoms with Crippen LogP contribution < -0.4 is 0 Å². The Hall–Kier alpha value is -0.520. The van der Waals surface area contributed by atoms with Crippen LogP contribution in [0.15, 0.2) is 17.7 Å². The predicted molar refractivity (Wildman–Crippen MR) is 42.2 cm³/mol. The van der Waals surface area contributed by atoms with Gasteiger partial charge in [-0.25, -0.2) is 0 Å². The smallest absolute Gasteiger partial charge is 0.0317 e. The van der Waals surface area contributed by atoms with Gasteiger partial charge in [-0.1, -0.05) is 17.7 Å². The Balaban J connectivity index is 3.10. The molecule has 0 aliphatic carbocycles. The van der Waals surface area contributed by atoms with Crippen LogP contribution in [-0.4, -0.2) is 0 Å². The van der Waals surface area contributed by atoms with E-state index in [1.54, 1.807) is 0 Å². The van der Waals surface area contributed by atoms with Crippen LogP contribution in [-0.2, 0) is 0 Å². The van der Waals surface area contributed by atoms with Crippen LogP contribution in [0.3, 0.4) is 0 Å². The Bertz CT molecular complexity index is 95.2. The van der Waals surface area contributed by atoms with E-state index in [0.29, 0.717) is 0 Å². The molecule has 0 spiro atoms. The zero-order valence-corrected chi connectivity index (χ0v) is 6.41. The molecule has 0 heteroatoms. The van der Waals surface area contributed by atoms with Gasteiger partial charge in [-0.2, -0.15) is 0 Å². The van der Waals surface area contributed by atoms with Crippen molar-refractivity contribution < 1.29 is 0 Å². The topological polar surface area (TPSA) is 0 Å². The zero-order valence-electron chi connectivity index (χ0n) is 6.41. The van der Waals surface area contributed by atoms with Crippen LogP contribution in [0.2, 0.25) is 0 Å². The maximum Gasteiger partial charge on any atom is -0.0317 e.